The Morgan fingerprint density at radius 2 is 1.88 bits per heavy atom. The van der Waals surface area contributed by atoms with Gasteiger partial charge in [0, 0.05) is 12.6 Å². The largest absolute Gasteiger partial charge is 0.455 e. The van der Waals surface area contributed by atoms with Crippen LogP contribution >= 0.6 is 23.4 Å². The van der Waals surface area contributed by atoms with E-state index in [2.05, 4.69) is 0 Å². The van der Waals surface area contributed by atoms with Crippen LogP contribution in [0.25, 0.3) is 0 Å². The Bertz CT molecular complexity index is 887. The number of nitrogens with zero attached hydrogens (tertiary/aromatic N) is 1. The molecular weight excluding hydrogens is 387 g/mol. The maximum absolute atomic E-state index is 12.8. The van der Waals surface area contributed by atoms with E-state index in [0.717, 1.165) is 12.1 Å². The highest BCUT2D eigenvalue weighted by Crippen LogP contribution is 2.52. The van der Waals surface area contributed by atoms with E-state index in [0.29, 0.717) is 17.0 Å². The summed E-state index contributed by atoms with van der Waals surface area (Å²) in [7, 11) is 1.68. The fourth-order valence-corrected chi connectivity index (χ4v) is 3.91. The highest BCUT2D eigenvalue weighted by Gasteiger charge is 2.48. The van der Waals surface area contributed by atoms with Crippen LogP contribution in [0, 0.1) is 0 Å². The monoisotopic (exact) mass is 401 g/mol. The molecule has 0 bridgehead atoms. The van der Waals surface area contributed by atoms with Crippen molar-refractivity contribution in [2.24, 2.45) is 0 Å². The molecule has 0 saturated heterocycles. The molecule has 0 spiro atoms. The van der Waals surface area contributed by atoms with Gasteiger partial charge < -0.3 is 9.64 Å². The Morgan fingerprint density at radius 3 is 2.46 bits per heavy atom. The van der Waals surface area contributed by atoms with Crippen molar-refractivity contribution in [3.05, 3.63) is 52.5 Å². The van der Waals surface area contributed by atoms with E-state index >= 15 is 0 Å². The standard InChI is InChI=1S/C18H15ClF3NO2S/c1-17(26-3)15-12(23(2)16(17)24)5-4-6-14(15)25-13-8-7-10(9-11(13)19)18(20,21)22/h4-9H,1-3H3. The second-order valence-electron chi connectivity index (χ2n) is 6.00. The quantitative estimate of drug-likeness (QED) is 0.660. The van der Waals surface area contributed by atoms with Crippen molar-refractivity contribution < 1.29 is 22.7 Å². The van der Waals surface area contributed by atoms with Gasteiger partial charge in [0.1, 0.15) is 16.2 Å². The summed E-state index contributed by atoms with van der Waals surface area (Å²) in [6.45, 7) is 1.80. The normalized spacial score (nSPS) is 19.7. The van der Waals surface area contributed by atoms with E-state index in [-0.39, 0.29) is 16.7 Å². The van der Waals surface area contributed by atoms with Gasteiger partial charge in [-0.15, -0.1) is 11.8 Å². The number of anilines is 1. The van der Waals surface area contributed by atoms with E-state index in [4.69, 9.17) is 16.3 Å². The molecule has 26 heavy (non-hydrogen) atoms. The maximum atomic E-state index is 12.8. The number of carbonyl (C=O) groups excluding carboxylic acids is 1. The summed E-state index contributed by atoms with van der Waals surface area (Å²) in [6.07, 6.45) is -2.66. The molecule has 0 aromatic heterocycles. The zero-order chi connectivity index (χ0) is 19.3. The molecule has 1 amide bonds. The molecule has 138 valence electrons. The molecule has 0 radical (unpaired) electrons. The van der Waals surface area contributed by atoms with Gasteiger partial charge in [-0.3, -0.25) is 4.79 Å². The highest BCUT2D eigenvalue weighted by atomic mass is 35.5. The molecule has 1 aliphatic rings. The van der Waals surface area contributed by atoms with Crippen molar-refractivity contribution in [2.45, 2.75) is 17.8 Å². The van der Waals surface area contributed by atoms with Crippen LogP contribution in [-0.4, -0.2) is 19.2 Å². The zero-order valence-electron chi connectivity index (χ0n) is 14.1. The molecule has 2 aromatic rings. The third-order valence-electron chi connectivity index (χ3n) is 4.44. The fraction of sp³-hybridized carbons (Fsp3) is 0.278. The first-order valence-electron chi connectivity index (χ1n) is 7.61. The van der Waals surface area contributed by atoms with Crippen LogP contribution in [0.5, 0.6) is 11.5 Å². The molecular formula is C18H15ClF3NO2S. The minimum absolute atomic E-state index is 0.0884. The first-order valence-corrected chi connectivity index (χ1v) is 9.21. The zero-order valence-corrected chi connectivity index (χ0v) is 15.7. The number of fused-ring (bicyclic) bond motifs is 1. The molecule has 3 nitrogen and oxygen atoms in total. The summed E-state index contributed by atoms with van der Waals surface area (Å²) in [5.74, 6) is 0.395. The second kappa shape index (κ2) is 6.39. The molecule has 8 heteroatoms. The van der Waals surface area contributed by atoms with Gasteiger partial charge in [-0.25, -0.2) is 0 Å². The first kappa shape index (κ1) is 18.9. The van der Waals surface area contributed by atoms with E-state index in [1.54, 1.807) is 37.1 Å². The minimum Gasteiger partial charge on any atom is -0.455 e. The van der Waals surface area contributed by atoms with Crippen LogP contribution in [0.15, 0.2) is 36.4 Å². The lowest BCUT2D eigenvalue weighted by atomic mass is 10.0. The molecule has 0 aliphatic carbocycles. The predicted molar refractivity (Wildman–Crippen MR) is 97.2 cm³/mol. The van der Waals surface area contributed by atoms with E-state index < -0.39 is 16.5 Å². The lowest BCUT2D eigenvalue weighted by molar-refractivity contribution is -0.137. The smallest absolute Gasteiger partial charge is 0.416 e. The van der Waals surface area contributed by atoms with Crippen molar-refractivity contribution in [3.63, 3.8) is 0 Å². The van der Waals surface area contributed by atoms with Crippen molar-refractivity contribution in [2.75, 3.05) is 18.2 Å². The number of ether oxygens (including phenoxy) is 1. The fourth-order valence-electron chi connectivity index (χ4n) is 2.97. The summed E-state index contributed by atoms with van der Waals surface area (Å²) in [4.78, 5) is 14.2. The van der Waals surface area contributed by atoms with Crippen molar-refractivity contribution in [3.8, 4) is 11.5 Å². The molecule has 3 rings (SSSR count). The van der Waals surface area contributed by atoms with E-state index in [9.17, 15) is 18.0 Å². The van der Waals surface area contributed by atoms with Gasteiger partial charge in [-0.1, -0.05) is 17.7 Å². The minimum atomic E-state index is -4.48. The lowest BCUT2D eigenvalue weighted by Gasteiger charge is -2.22. The number of halogens is 4. The van der Waals surface area contributed by atoms with Crippen LogP contribution in [0.2, 0.25) is 5.02 Å². The summed E-state index contributed by atoms with van der Waals surface area (Å²) >= 11 is 7.36. The Morgan fingerprint density at radius 1 is 1.19 bits per heavy atom. The predicted octanol–water partition coefficient (Wildman–Crippen LogP) is 5.71. The van der Waals surface area contributed by atoms with Crippen LogP contribution in [0.1, 0.15) is 18.1 Å². The molecule has 1 heterocycles. The number of amides is 1. The number of benzene rings is 2. The summed E-state index contributed by atoms with van der Waals surface area (Å²) < 4.78 is 43.4. The Kier molecular flexibility index (Phi) is 4.65. The number of alkyl halides is 3. The highest BCUT2D eigenvalue weighted by molar-refractivity contribution is 8.00. The molecule has 0 fully saturated rings. The van der Waals surface area contributed by atoms with Gasteiger partial charge in [0.2, 0.25) is 5.91 Å². The lowest BCUT2D eigenvalue weighted by Crippen LogP contribution is -2.33. The number of carbonyl (C=O) groups is 1. The van der Waals surface area contributed by atoms with Crippen molar-refractivity contribution in [1.29, 1.82) is 0 Å². The number of rotatable bonds is 3. The molecule has 0 saturated carbocycles. The van der Waals surface area contributed by atoms with Gasteiger partial charge in [0.25, 0.3) is 0 Å². The Hall–Kier alpha value is -1.86. The third-order valence-corrected chi connectivity index (χ3v) is 5.93. The number of hydrogen-bond donors (Lipinski definition) is 0. The summed E-state index contributed by atoms with van der Waals surface area (Å²) in [5, 5.41) is -0.152. The summed E-state index contributed by atoms with van der Waals surface area (Å²) in [5.41, 5.74) is 0.528. The van der Waals surface area contributed by atoms with Gasteiger partial charge >= 0.3 is 6.18 Å². The average Bonchev–Trinajstić information content (AvgIpc) is 2.79. The van der Waals surface area contributed by atoms with Gasteiger partial charge in [-0.05, 0) is 43.5 Å². The number of likely N-dealkylation sites (N-methyl/N-ethyl adjacent to an activating group) is 1. The maximum Gasteiger partial charge on any atom is 0.416 e. The van der Waals surface area contributed by atoms with Gasteiger partial charge in [-0.2, -0.15) is 13.2 Å². The Balaban J connectivity index is 2.05. The molecule has 2 aromatic carbocycles. The Labute approximate surface area is 158 Å². The first-order chi connectivity index (χ1) is 12.1. The van der Waals surface area contributed by atoms with Crippen LogP contribution in [-0.2, 0) is 15.7 Å². The third kappa shape index (κ3) is 2.93. The van der Waals surface area contributed by atoms with E-state index in [1.165, 1.54) is 17.8 Å². The molecule has 1 aliphatic heterocycles. The second-order valence-corrected chi connectivity index (χ2v) is 7.63. The SMILES string of the molecule is CSC1(C)C(=O)N(C)c2cccc(Oc3ccc(C(F)(F)F)cc3Cl)c21. The molecule has 0 N–H and O–H groups in total. The van der Waals surface area contributed by atoms with Crippen molar-refractivity contribution >= 4 is 35.0 Å². The number of hydrogen-bond acceptors (Lipinski definition) is 3. The molecule has 1 unspecified atom stereocenters. The molecule has 1 atom stereocenters. The van der Waals surface area contributed by atoms with Gasteiger partial charge in [0.05, 0.1) is 16.3 Å². The van der Waals surface area contributed by atoms with Crippen molar-refractivity contribution in [1.82, 2.24) is 0 Å². The van der Waals surface area contributed by atoms with Crippen LogP contribution in [0.3, 0.4) is 0 Å². The van der Waals surface area contributed by atoms with E-state index in [1.807, 2.05) is 6.26 Å². The topological polar surface area (TPSA) is 29.5 Å². The van der Waals surface area contributed by atoms with Gasteiger partial charge in [0.15, 0.2) is 0 Å². The number of thioether (sulfide) groups is 1. The average molecular weight is 402 g/mol. The van der Waals surface area contributed by atoms with Crippen LogP contribution < -0.4 is 9.64 Å². The van der Waals surface area contributed by atoms with Crippen LogP contribution in [0.4, 0.5) is 18.9 Å². The summed E-state index contributed by atoms with van der Waals surface area (Å²) in [6, 6.07) is 8.12.